The molecule has 1 aromatic heterocycles. The van der Waals surface area contributed by atoms with Crippen molar-refractivity contribution in [3.05, 3.63) is 18.1 Å². The lowest BCUT2D eigenvalue weighted by Crippen LogP contribution is -2.22. The van der Waals surface area contributed by atoms with Crippen LogP contribution in [0.1, 0.15) is 19.0 Å². The molecule has 1 aliphatic rings. The lowest BCUT2D eigenvalue weighted by molar-refractivity contribution is 0.0572. The third-order valence-electron chi connectivity index (χ3n) is 2.98. The molecule has 0 spiro atoms. The molecule has 18 heavy (non-hydrogen) atoms. The predicted molar refractivity (Wildman–Crippen MR) is 68.1 cm³/mol. The van der Waals surface area contributed by atoms with Crippen LogP contribution in [0.15, 0.2) is 12.4 Å². The van der Waals surface area contributed by atoms with Crippen LogP contribution in [0.5, 0.6) is 0 Å². The van der Waals surface area contributed by atoms with E-state index in [0.717, 1.165) is 24.5 Å². The number of hydrogen-bond acceptors (Lipinski definition) is 6. The van der Waals surface area contributed by atoms with Crippen LogP contribution in [0.4, 0.5) is 5.82 Å². The van der Waals surface area contributed by atoms with Crippen LogP contribution in [0, 0.1) is 0 Å². The summed E-state index contributed by atoms with van der Waals surface area (Å²) in [4.78, 5) is 10.6. The Morgan fingerprint density at radius 2 is 2.00 bits per heavy atom. The summed E-state index contributed by atoms with van der Waals surface area (Å²) in [5.41, 5.74) is 0.846. The Labute approximate surface area is 107 Å². The molecule has 1 fully saturated rings. The van der Waals surface area contributed by atoms with Gasteiger partial charge in [-0.1, -0.05) is 6.92 Å². The number of aliphatic hydroxyl groups is 2. The van der Waals surface area contributed by atoms with E-state index in [1.807, 2.05) is 4.90 Å². The lowest BCUT2D eigenvalue weighted by Gasteiger charge is -2.13. The highest BCUT2D eigenvalue weighted by Crippen LogP contribution is 2.13. The van der Waals surface area contributed by atoms with Gasteiger partial charge in [0.05, 0.1) is 30.3 Å². The Kier molecular flexibility index (Phi) is 4.46. The number of nitrogens with zero attached hydrogens (tertiary/aromatic N) is 3. The van der Waals surface area contributed by atoms with Crippen molar-refractivity contribution in [3.8, 4) is 0 Å². The van der Waals surface area contributed by atoms with E-state index in [9.17, 15) is 10.2 Å². The van der Waals surface area contributed by atoms with Crippen molar-refractivity contribution in [2.75, 3.05) is 25.0 Å². The Balaban J connectivity index is 1.86. The molecule has 2 heterocycles. The van der Waals surface area contributed by atoms with Crippen molar-refractivity contribution >= 4 is 5.82 Å². The van der Waals surface area contributed by atoms with Gasteiger partial charge in [-0.15, -0.1) is 0 Å². The third kappa shape index (κ3) is 3.38. The maximum absolute atomic E-state index is 9.45. The Morgan fingerprint density at radius 3 is 2.56 bits per heavy atom. The largest absolute Gasteiger partial charge is 0.389 e. The number of likely N-dealkylation sites (tertiary alicyclic amines) is 1. The summed E-state index contributed by atoms with van der Waals surface area (Å²) in [6.45, 7) is 4.56. The first-order valence-corrected chi connectivity index (χ1v) is 6.32. The standard InChI is InChI=1S/C12H20N4O2/c1-2-3-13-12-5-14-9(4-15-12)6-16-7-10(17)11(18)8-16/h4-5,10-11,17-18H,2-3,6-8H2,1H3,(H,13,15). The average molecular weight is 252 g/mol. The molecule has 2 unspecified atom stereocenters. The van der Waals surface area contributed by atoms with Crippen molar-refractivity contribution in [1.29, 1.82) is 0 Å². The van der Waals surface area contributed by atoms with E-state index >= 15 is 0 Å². The van der Waals surface area contributed by atoms with Gasteiger partial charge < -0.3 is 15.5 Å². The van der Waals surface area contributed by atoms with Crippen molar-refractivity contribution < 1.29 is 10.2 Å². The topological polar surface area (TPSA) is 81.5 Å². The Morgan fingerprint density at radius 1 is 1.28 bits per heavy atom. The van der Waals surface area contributed by atoms with E-state index in [-0.39, 0.29) is 0 Å². The van der Waals surface area contributed by atoms with E-state index in [2.05, 4.69) is 22.2 Å². The quantitative estimate of drug-likeness (QED) is 0.675. The monoisotopic (exact) mass is 252 g/mol. The molecule has 0 aromatic carbocycles. The van der Waals surface area contributed by atoms with E-state index < -0.39 is 12.2 Å². The van der Waals surface area contributed by atoms with Crippen LogP contribution in [0.3, 0.4) is 0 Å². The maximum atomic E-state index is 9.45. The van der Waals surface area contributed by atoms with Crippen LogP contribution >= 0.6 is 0 Å². The minimum atomic E-state index is -0.650. The van der Waals surface area contributed by atoms with Crippen molar-refractivity contribution in [1.82, 2.24) is 14.9 Å². The van der Waals surface area contributed by atoms with Crippen LogP contribution in [0.2, 0.25) is 0 Å². The number of aromatic nitrogens is 2. The fourth-order valence-electron chi connectivity index (χ4n) is 1.99. The summed E-state index contributed by atoms with van der Waals surface area (Å²) < 4.78 is 0. The summed E-state index contributed by atoms with van der Waals surface area (Å²) >= 11 is 0. The highest BCUT2D eigenvalue weighted by Gasteiger charge is 2.29. The molecule has 1 saturated heterocycles. The van der Waals surface area contributed by atoms with Crippen LogP contribution in [0.25, 0.3) is 0 Å². The molecule has 2 atom stereocenters. The zero-order valence-electron chi connectivity index (χ0n) is 10.6. The number of nitrogens with one attached hydrogen (secondary N) is 1. The summed E-state index contributed by atoms with van der Waals surface area (Å²) in [5, 5.41) is 22.1. The molecule has 6 nitrogen and oxygen atoms in total. The zero-order valence-corrected chi connectivity index (χ0v) is 10.6. The molecule has 0 amide bonds. The second-order valence-electron chi connectivity index (χ2n) is 4.65. The van der Waals surface area contributed by atoms with Gasteiger partial charge in [0.1, 0.15) is 5.82 Å². The molecule has 6 heteroatoms. The molecule has 0 radical (unpaired) electrons. The molecular formula is C12H20N4O2. The van der Waals surface area contributed by atoms with Gasteiger partial charge in [0.25, 0.3) is 0 Å². The molecule has 3 N–H and O–H groups in total. The number of aliphatic hydroxyl groups excluding tert-OH is 2. The minimum absolute atomic E-state index is 0.485. The van der Waals surface area contributed by atoms with Gasteiger partial charge in [0.15, 0.2) is 0 Å². The molecule has 2 rings (SSSR count). The summed E-state index contributed by atoms with van der Waals surface area (Å²) in [7, 11) is 0. The van der Waals surface area contributed by atoms with E-state index in [0.29, 0.717) is 19.6 Å². The second kappa shape index (κ2) is 6.08. The number of hydrogen-bond donors (Lipinski definition) is 3. The van der Waals surface area contributed by atoms with E-state index in [1.165, 1.54) is 0 Å². The summed E-state index contributed by atoms with van der Waals surface area (Å²) in [6, 6.07) is 0. The highest BCUT2D eigenvalue weighted by molar-refractivity contribution is 5.30. The van der Waals surface area contributed by atoms with E-state index in [1.54, 1.807) is 12.4 Å². The Hall–Kier alpha value is -1.24. The number of anilines is 1. The van der Waals surface area contributed by atoms with Crippen molar-refractivity contribution in [2.24, 2.45) is 0 Å². The van der Waals surface area contributed by atoms with Gasteiger partial charge >= 0.3 is 0 Å². The van der Waals surface area contributed by atoms with Gasteiger partial charge in [-0.3, -0.25) is 9.88 Å². The third-order valence-corrected chi connectivity index (χ3v) is 2.98. The van der Waals surface area contributed by atoms with Crippen LogP contribution < -0.4 is 5.32 Å². The molecular weight excluding hydrogens is 232 g/mol. The smallest absolute Gasteiger partial charge is 0.144 e. The molecule has 0 bridgehead atoms. The van der Waals surface area contributed by atoms with Crippen molar-refractivity contribution in [2.45, 2.75) is 32.1 Å². The fraction of sp³-hybridized carbons (Fsp3) is 0.667. The molecule has 100 valence electrons. The van der Waals surface area contributed by atoms with Crippen LogP contribution in [-0.4, -0.2) is 56.9 Å². The molecule has 0 saturated carbocycles. The predicted octanol–water partition coefficient (Wildman–Crippen LogP) is -0.164. The minimum Gasteiger partial charge on any atom is -0.389 e. The van der Waals surface area contributed by atoms with Gasteiger partial charge in [-0.05, 0) is 6.42 Å². The normalized spacial score (nSPS) is 24.4. The van der Waals surface area contributed by atoms with Gasteiger partial charge in [-0.2, -0.15) is 0 Å². The fourth-order valence-corrected chi connectivity index (χ4v) is 1.99. The average Bonchev–Trinajstić information content (AvgIpc) is 2.67. The SMILES string of the molecule is CCCNc1cnc(CN2CC(O)C(O)C2)cn1. The first-order chi connectivity index (χ1) is 8.69. The zero-order chi connectivity index (χ0) is 13.0. The molecule has 1 aromatic rings. The van der Waals surface area contributed by atoms with Gasteiger partial charge in [0.2, 0.25) is 0 Å². The van der Waals surface area contributed by atoms with Gasteiger partial charge in [-0.25, -0.2) is 4.98 Å². The number of β-amino-alcohol motifs (C(OH)–C–C–N with tert-alkyl or cyclic N) is 2. The first kappa shape index (κ1) is 13.2. The van der Waals surface area contributed by atoms with Gasteiger partial charge in [0, 0.05) is 26.2 Å². The second-order valence-corrected chi connectivity index (χ2v) is 4.65. The molecule has 1 aliphatic heterocycles. The highest BCUT2D eigenvalue weighted by atomic mass is 16.3. The lowest BCUT2D eigenvalue weighted by atomic mass is 10.3. The van der Waals surface area contributed by atoms with Crippen molar-refractivity contribution in [3.63, 3.8) is 0 Å². The summed E-state index contributed by atoms with van der Waals surface area (Å²) in [5.74, 6) is 0.780. The maximum Gasteiger partial charge on any atom is 0.144 e. The van der Waals surface area contributed by atoms with Crippen LogP contribution in [-0.2, 0) is 6.54 Å². The first-order valence-electron chi connectivity index (χ1n) is 6.32. The Bertz CT molecular complexity index is 361. The number of rotatable bonds is 5. The summed E-state index contributed by atoms with van der Waals surface area (Å²) in [6.07, 6.45) is 3.20. The van der Waals surface area contributed by atoms with E-state index in [4.69, 9.17) is 0 Å². The molecule has 0 aliphatic carbocycles.